The molecule has 4 heteroatoms. The summed E-state index contributed by atoms with van der Waals surface area (Å²) in [4.78, 5) is 12.0. The third kappa shape index (κ3) is 2.36. The Morgan fingerprint density at radius 3 is 2.85 bits per heavy atom. The average molecular weight is 266 g/mol. The SMILES string of the molecule is Cc1cccc(/C=C2/Oc3cc(N)ccc3NC2=O)c1. The minimum absolute atomic E-state index is 0.258. The standard InChI is InChI=1S/C16H14N2O2/c1-10-3-2-4-11(7-10)8-15-16(19)18-13-6-5-12(17)9-14(13)20-15/h2-9H,17H2,1H3,(H,18,19)/b15-8+. The van der Waals surface area contributed by atoms with Crippen LogP contribution >= 0.6 is 0 Å². The quantitative estimate of drug-likeness (QED) is 0.616. The van der Waals surface area contributed by atoms with Crippen LogP contribution in [0.5, 0.6) is 5.75 Å². The van der Waals surface area contributed by atoms with E-state index in [1.54, 1.807) is 24.3 Å². The zero-order valence-electron chi connectivity index (χ0n) is 11.0. The van der Waals surface area contributed by atoms with Gasteiger partial charge in [0.25, 0.3) is 5.91 Å². The fourth-order valence-corrected chi connectivity index (χ4v) is 2.08. The average Bonchev–Trinajstić information content (AvgIpc) is 2.40. The van der Waals surface area contributed by atoms with Crippen molar-refractivity contribution in [3.8, 4) is 5.75 Å². The zero-order chi connectivity index (χ0) is 14.1. The smallest absolute Gasteiger partial charge is 0.291 e. The molecule has 0 radical (unpaired) electrons. The number of benzene rings is 2. The van der Waals surface area contributed by atoms with Gasteiger partial charge in [0.05, 0.1) is 5.69 Å². The van der Waals surface area contributed by atoms with Crippen LogP contribution in [0.25, 0.3) is 6.08 Å². The highest BCUT2D eigenvalue weighted by Crippen LogP contribution is 2.33. The minimum atomic E-state index is -0.260. The Hall–Kier alpha value is -2.75. The third-order valence-electron chi connectivity index (χ3n) is 3.04. The third-order valence-corrected chi connectivity index (χ3v) is 3.04. The number of nitrogen functional groups attached to an aromatic ring is 1. The molecule has 3 rings (SSSR count). The molecule has 0 saturated carbocycles. The monoisotopic (exact) mass is 266 g/mol. The number of hydrogen-bond donors (Lipinski definition) is 2. The normalized spacial score (nSPS) is 15.4. The van der Waals surface area contributed by atoms with Crippen LogP contribution in [-0.4, -0.2) is 5.91 Å². The summed E-state index contributed by atoms with van der Waals surface area (Å²) in [7, 11) is 0. The van der Waals surface area contributed by atoms with Crippen molar-refractivity contribution < 1.29 is 9.53 Å². The largest absolute Gasteiger partial charge is 0.449 e. The summed E-state index contributed by atoms with van der Waals surface area (Å²) >= 11 is 0. The molecule has 0 saturated heterocycles. The van der Waals surface area contributed by atoms with E-state index in [0.717, 1.165) is 11.1 Å². The molecule has 1 amide bonds. The molecule has 3 N–H and O–H groups in total. The molecule has 1 aliphatic heterocycles. The molecule has 0 bridgehead atoms. The lowest BCUT2D eigenvalue weighted by atomic mass is 10.1. The van der Waals surface area contributed by atoms with Crippen LogP contribution in [0.15, 0.2) is 48.2 Å². The summed E-state index contributed by atoms with van der Waals surface area (Å²) < 4.78 is 5.64. The van der Waals surface area contributed by atoms with E-state index in [2.05, 4.69) is 5.32 Å². The first-order valence-electron chi connectivity index (χ1n) is 6.29. The number of carbonyl (C=O) groups is 1. The lowest BCUT2D eigenvalue weighted by Gasteiger charge is -2.20. The first kappa shape index (κ1) is 12.3. The van der Waals surface area contributed by atoms with Crippen molar-refractivity contribution in [2.75, 3.05) is 11.1 Å². The Morgan fingerprint density at radius 2 is 2.05 bits per heavy atom. The molecule has 1 heterocycles. The molecule has 20 heavy (non-hydrogen) atoms. The van der Waals surface area contributed by atoms with Gasteiger partial charge in [0.15, 0.2) is 11.5 Å². The van der Waals surface area contributed by atoms with Crippen molar-refractivity contribution in [2.45, 2.75) is 6.92 Å². The van der Waals surface area contributed by atoms with Crippen molar-refractivity contribution in [3.05, 3.63) is 59.4 Å². The fraction of sp³-hybridized carbons (Fsp3) is 0.0625. The van der Waals surface area contributed by atoms with E-state index in [0.29, 0.717) is 17.1 Å². The van der Waals surface area contributed by atoms with E-state index in [1.807, 2.05) is 31.2 Å². The van der Waals surface area contributed by atoms with Crippen molar-refractivity contribution in [2.24, 2.45) is 0 Å². The van der Waals surface area contributed by atoms with E-state index < -0.39 is 0 Å². The van der Waals surface area contributed by atoms with Crippen LogP contribution < -0.4 is 15.8 Å². The predicted octanol–water partition coefficient (Wildman–Crippen LogP) is 2.95. The van der Waals surface area contributed by atoms with Gasteiger partial charge in [-0.05, 0) is 30.7 Å². The van der Waals surface area contributed by atoms with Gasteiger partial charge in [0, 0.05) is 11.8 Å². The topological polar surface area (TPSA) is 64.3 Å². The van der Waals surface area contributed by atoms with Gasteiger partial charge >= 0.3 is 0 Å². The lowest BCUT2D eigenvalue weighted by Crippen LogP contribution is -2.23. The molecule has 0 spiro atoms. The van der Waals surface area contributed by atoms with Gasteiger partial charge in [-0.1, -0.05) is 29.8 Å². The van der Waals surface area contributed by atoms with E-state index in [-0.39, 0.29) is 11.7 Å². The maximum Gasteiger partial charge on any atom is 0.291 e. The van der Waals surface area contributed by atoms with Gasteiger partial charge in [0.2, 0.25) is 0 Å². The number of fused-ring (bicyclic) bond motifs is 1. The van der Waals surface area contributed by atoms with Crippen LogP contribution in [-0.2, 0) is 4.79 Å². The highest BCUT2D eigenvalue weighted by atomic mass is 16.5. The number of aryl methyl sites for hydroxylation is 1. The number of amides is 1. The minimum Gasteiger partial charge on any atom is -0.449 e. The summed E-state index contributed by atoms with van der Waals surface area (Å²) in [6, 6.07) is 13.0. The van der Waals surface area contributed by atoms with Gasteiger partial charge in [-0.25, -0.2) is 0 Å². The predicted molar refractivity (Wildman–Crippen MR) is 79.3 cm³/mol. The van der Waals surface area contributed by atoms with E-state index in [1.165, 1.54) is 0 Å². The van der Waals surface area contributed by atoms with Crippen molar-refractivity contribution in [3.63, 3.8) is 0 Å². The highest BCUT2D eigenvalue weighted by molar-refractivity contribution is 6.08. The van der Waals surface area contributed by atoms with Crippen molar-refractivity contribution in [1.29, 1.82) is 0 Å². The summed E-state index contributed by atoms with van der Waals surface area (Å²) in [6.07, 6.45) is 1.72. The molecule has 1 aliphatic rings. The second-order valence-corrected chi connectivity index (χ2v) is 4.73. The van der Waals surface area contributed by atoms with Gasteiger partial charge < -0.3 is 15.8 Å². The van der Waals surface area contributed by atoms with Crippen LogP contribution in [0, 0.1) is 6.92 Å². The second kappa shape index (κ2) is 4.74. The number of anilines is 2. The summed E-state index contributed by atoms with van der Waals surface area (Å²) in [5, 5.41) is 2.78. The molecule has 0 unspecified atom stereocenters. The van der Waals surface area contributed by atoms with Gasteiger partial charge in [0.1, 0.15) is 0 Å². The molecule has 100 valence electrons. The maximum atomic E-state index is 12.0. The van der Waals surface area contributed by atoms with Gasteiger partial charge in [-0.3, -0.25) is 4.79 Å². The number of carbonyl (C=O) groups excluding carboxylic acids is 1. The Kier molecular flexibility index (Phi) is 2.91. The van der Waals surface area contributed by atoms with Gasteiger partial charge in [-0.15, -0.1) is 0 Å². The summed E-state index contributed by atoms with van der Waals surface area (Å²) in [6.45, 7) is 2.00. The van der Waals surface area contributed by atoms with Crippen molar-refractivity contribution >= 4 is 23.4 Å². The fourth-order valence-electron chi connectivity index (χ4n) is 2.08. The molecule has 2 aromatic carbocycles. The molecule has 2 aromatic rings. The van der Waals surface area contributed by atoms with Crippen LogP contribution in [0.2, 0.25) is 0 Å². The van der Waals surface area contributed by atoms with E-state index in [9.17, 15) is 4.79 Å². The van der Waals surface area contributed by atoms with E-state index in [4.69, 9.17) is 10.5 Å². The molecule has 0 atom stereocenters. The summed E-state index contributed by atoms with van der Waals surface area (Å²) in [5.41, 5.74) is 8.99. The Morgan fingerprint density at radius 1 is 1.20 bits per heavy atom. The maximum absolute atomic E-state index is 12.0. The summed E-state index contributed by atoms with van der Waals surface area (Å²) in [5.74, 6) is 0.556. The molecule has 4 nitrogen and oxygen atoms in total. The molecule has 0 aliphatic carbocycles. The Bertz CT molecular complexity index is 720. The lowest BCUT2D eigenvalue weighted by molar-refractivity contribution is -0.115. The highest BCUT2D eigenvalue weighted by Gasteiger charge is 2.21. The van der Waals surface area contributed by atoms with Crippen LogP contribution in [0.1, 0.15) is 11.1 Å². The Balaban J connectivity index is 1.97. The first-order valence-corrected chi connectivity index (χ1v) is 6.29. The number of nitrogens with two attached hydrogens (primary N) is 1. The molecular weight excluding hydrogens is 252 g/mol. The van der Waals surface area contributed by atoms with E-state index >= 15 is 0 Å². The van der Waals surface area contributed by atoms with Gasteiger partial charge in [-0.2, -0.15) is 0 Å². The number of ether oxygens (including phenoxy) is 1. The molecule has 0 fully saturated rings. The van der Waals surface area contributed by atoms with Crippen molar-refractivity contribution in [1.82, 2.24) is 0 Å². The first-order chi connectivity index (χ1) is 9.61. The zero-order valence-corrected chi connectivity index (χ0v) is 11.0. The second-order valence-electron chi connectivity index (χ2n) is 4.73. The number of hydrogen-bond acceptors (Lipinski definition) is 3. The molecule has 0 aromatic heterocycles. The van der Waals surface area contributed by atoms with Crippen LogP contribution in [0.3, 0.4) is 0 Å². The number of nitrogens with one attached hydrogen (secondary N) is 1. The molecular formula is C16H14N2O2. The number of rotatable bonds is 1. The van der Waals surface area contributed by atoms with Crippen LogP contribution in [0.4, 0.5) is 11.4 Å². The Labute approximate surface area is 116 Å².